The third-order valence-electron chi connectivity index (χ3n) is 4.91. The number of carbonyl (C=O) groups excluding carboxylic acids is 2. The normalized spacial score (nSPS) is 17.4. The highest BCUT2D eigenvalue weighted by atomic mass is 16.2. The van der Waals surface area contributed by atoms with Crippen LogP contribution >= 0.6 is 0 Å². The molecule has 1 atom stereocenters. The van der Waals surface area contributed by atoms with Crippen molar-refractivity contribution >= 4 is 11.8 Å². The molecule has 0 radical (unpaired) electrons. The van der Waals surface area contributed by atoms with Crippen LogP contribution in [0.2, 0.25) is 0 Å². The maximum absolute atomic E-state index is 12.7. The van der Waals surface area contributed by atoms with E-state index in [9.17, 15) is 9.59 Å². The van der Waals surface area contributed by atoms with Gasteiger partial charge in [0, 0.05) is 39.4 Å². The summed E-state index contributed by atoms with van der Waals surface area (Å²) in [5, 5.41) is 2.88. The number of hydrogen-bond donors (Lipinski definition) is 1. The number of pyridine rings is 1. The molecular weight excluding hydrogens is 340 g/mol. The molecule has 1 aromatic heterocycles. The molecule has 3 rings (SSSR count). The smallest absolute Gasteiger partial charge is 0.237 e. The van der Waals surface area contributed by atoms with Gasteiger partial charge in [0.05, 0.1) is 18.2 Å². The zero-order chi connectivity index (χ0) is 19.1. The fourth-order valence-electron chi connectivity index (χ4n) is 3.26. The van der Waals surface area contributed by atoms with E-state index in [1.54, 1.807) is 18.1 Å². The first-order valence-corrected chi connectivity index (χ1v) is 9.33. The molecule has 0 spiro atoms. The van der Waals surface area contributed by atoms with Crippen molar-refractivity contribution in [1.29, 1.82) is 0 Å². The van der Waals surface area contributed by atoms with Gasteiger partial charge in [-0.25, -0.2) is 0 Å². The Labute approximate surface area is 160 Å². The lowest BCUT2D eigenvalue weighted by molar-refractivity contribution is -0.138. The van der Waals surface area contributed by atoms with Crippen LogP contribution in [0.1, 0.15) is 17.7 Å². The summed E-state index contributed by atoms with van der Waals surface area (Å²) >= 11 is 0. The van der Waals surface area contributed by atoms with Crippen molar-refractivity contribution in [1.82, 2.24) is 20.1 Å². The predicted molar refractivity (Wildman–Crippen MR) is 104 cm³/mol. The average molecular weight is 366 g/mol. The van der Waals surface area contributed by atoms with E-state index < -0.39 is 6.04 Å². The molecule has 142 valence electrons. The SMILES string of the molecule is CN(CCc1ccccc1)C(=O)CC1C(=O)NCCN1Cc1ccccn1. The van der Waals surface area contributed by atoms with Gasteiger partial charge in [-0.1, -0.05) is 36.4 Å². The molecule has 1 aliphatic heterocycles. The summed E-state index contributed by atoms with van der Waals surface area (Å²) in [6.45, 7) is 2.52. The molecule has 1 aliphatic rings. The lowest BCUT2D eigenvalue weighted by Gasteiger charge is -2.35. The Morgan fingerprint density at radius 2 is 2.00 bits per heavy atom. The van der Waals surface area contributed by atoms with Crippen molar-refractivity contribution in [3.63, 3.8) is 0 Å². The van der Waals surface area contributed by atoms with Crippen molar-refractivity contribution in [2.24, 2.45) is 0 Å². The van der Waals surface area contributed by atoms with E-state index in [4.69, 9.17) is 0 Å². The predicted octanol–water partition coefficient (Wildman–Crippen LogP) is 1.47. The first-order chi connectivity index (χ1) is 13.1. The quantitative estimate of drug-likeness (QED) is 0.806. The van der Waals surface area contributed by atoms with Crippen LogP contribution in [-0.2, 0) is 22.6 Å². The molecule has 2 aromatic rings. The number of nitrogens with one attached hydrogen (secondary N) is 1. The van der Waals surface area contributed by atoms with Gasteiger partial charge in [0.2, 0.25) is 11.8 Å². The molecule has 1 fully saturated rings. The lowest BCUT2D eigenvalue weighted by Crippen LogP contribution is -2.56. The summed E-state index contributed by atoms with van der Waals surface area (Å²) in [4.78, 5) is 33.2. The summed E-state index contributed by atoms with van der Waals surface area (Å²) < 4.78 is 0. The Morgan fingerprint density at radius 3 is 2.74 bits per heavy atom. The summed E-state index contributed by atoms with van der Waals surface area (Å²) in [5.41, 5.74) is 2.10. The van der Waals surface area contributed by atoms with Gasteiger partial charge in [-0.2, -0.15) is 0 Å². The van der Waals surface area contributed by atoms with Crippen molar-refractivity contribution in [3.05, 3.63) is 66.0 Å². The Bertz CT molecular complexity index is 751. The van der Waals surface area contributed by atoms with E-state index in [0.717, 1.165) is 12.1 Å². The molecule has 2 amide bonds. The van der Waals surface area contributed by atoms with Crippen molar-refractivity contribution in [3.8, 4) is 0 Å². The van der Waals surface area contributed by atoms with Crippen molar-refractivity contribution in [2.45, 2.75) is 25.4 Å². The van der Waals surface area contributed by atoms with E-state index >= 15 is 0 Å². The summed E-state index contributed by atoms with van der Waals surface area (Å²) in [5.74, 6) is -0.0963. The zero-order valence-electron chi connectivity index (χ0n) is 15.7. The Balaban J connectivity index is 1.58. The molecule has 0 aliphatic carbocycles. The lowest BCUT2D eigenvalue weighted by atomic mass is 10.1. The minimum Gasteiger partial charge on any atom is -0.353 e. The van der Waals surface area contributed by atoms with Crippen LogP contribution in [0.5, 0.6) is 0 Å². The molecule has 1 N–H and O–H groups in total. The van der Waals surface area contributed by atoms with Crippen LogP contribution in [0.15, 0.2) is 54.7 Å². The van der Waals surface area contributed by atoms with Gasteiger partial charge in [0.1, 0.15) is 0 Å². The average Bonchev–Trinajstić information content (AvgIpc) is 2.70. The number of carbonyl (C=O) groups is 2. The molecule has 1 aromatic carbocycles. The molecule has 27 heavy (non-hydrogen) atoms. The third kappa shape index (κ3) is 5.37. The molecule has 6 nitrogen and oxygen atoms in total. The second kappa shape index (κ2) is 9.28. The van der Waals surface area contributed by atoms with E-state index in [0.29, 0.717) is 26.2 Å². The fraction of sp³-hybridized carbons (Fsp3) is 0.381. The monoisotopic (exact) mass is 366 g/mol. The minimum atomic E-state index is -0.451. The number of likely N-dealkylation sites (N-methyl/N-ethyl adjacent to an activating group) is 1. The Morgan fingerprint density at radius 1 is 1.22 bits per heavy atom. The minimum absolute atomic E-state index is 0.0148. The van der Waals surface area contributed by atoms with Gasteiger partial charge < -0.3 is 10.2 Å². The molecule has 6 heteroatoms. The number of nitrogens with zero attached hydrogens (tertiary/aromatic N) is 3. The second-order valence-electron chi connectivity index (χ2n) is 6.85. The standard InChI is InChI=1S/C21H26N4O2/c1-24(13-10-17-7-3-2-4-8-17)20(26)15-19-21(27)23-12-14-25(19)16-18-9-5-6-11-22-18/h2-9,11,19H,10,12-16H2,1H3,(H,23,27). The number of benzene rings is 1. The summed E-state index contributed by atoms with van der Waals surface area (Å²) in [6, 6.07) is 15.4. The maximum atomic E-state index is 12.7. The third-order valence-corrected chi connectivity index (χ3v) is 4.91. The number of piperazine rings is 1. The van der Waals surface area contributed by atoms with Crippen LogP contribution in [0.3, 0.4) is 0 Å². The van der Waals surface area contributed by atoms with Gasteiger partial charge in [0.15, 0.2) is 0 Å². The van der Waals surface area contributed by atoms with E-state index in [2.05, 4.69) is 22.4 Å². The first-order valence-electron chi connectivity index (χ1n) is 9.33. The molecule has 1 saturated heterocycles. The van der Waals surface area contributed by atoms with Crippen LogP contribution in [-0.4, -0.2) is 59.3 Å². The molecular formula is C21H26N4O2. The number of rotatable bonds is 7. The van der Waals surface area contributed by atoms with Crippen molar-refractivity contribution in [2.75, 3.05) is 26.7 Å². The van der Waals surface area contributed by atoms with Gasteiger partial charge in [-0.15, -0.1) is 0 Å². The summed E-state index contributed by atoms with van der Waals surface area (Å²) in [6.07, 6.45) is 2.73. The number of aromatic nitrogens is 1. The number of amides is 2. The highest BCUT2D eigenvalue weighted by Gasteiger charge is 2.32. The van der Waals surface area contributed by atoms with Crippen LogP contribution < -0.4 is 5.32 Å². The van der Waals surface area contributed by atoms with Gasteiger partial charge in [-0.05, 0) is 24.1 Å². The molecule has 0 bridgehead atoms. The molecule has 1 unspecified atom stereocenters. The van der Waals surface area contributed by atoms with Gasteiger partial charge in [0.25, 0.3) is 0 Å². The van der Waals surface area contributed by atoms with Gasteiger partial charge in [-0.3, -0.25) is 19.5 Å². The fourth-order valence-corrected chi connectivity index (χ4v) is 3.26. The van der Waals surface area contributed by atoms with E-state index in [1.807, 2.05) is 41.3 Å². The zero-order valence-corrected chi connectivity index (χ0v) is 15.7. The second-order valence-corrected chi connectivity index (χ2v) is 6.85. The maximum Gasteiger partial charge on any atom is 0.237 e. The van der Waals surface area contributed by atoms with E-state index in [1.165, 1.54) is 5.56 Å². The topological polar surface area (TPSA) is 65.5 Å². The van der Waals surface area contributed by atoms with Gasteiger partial charge >= 0.3 is 0 Å². The first kappa shape index (κ1) is 19.0. The molecule has 2 heterocycles. The van der Waals surface area contributed by atoms with Crippen molar-refractivity contribution < 1.29 is 9.59 Å². The van der Waals surface area contributed by atoms with Crippen LogP contribution in [0.25, 0.3) is 0 Å². The Kier molecular flexibility index (Phi) is 6.54. The summed E-state index contributed by atoms with van der Waals surface area (Å²) in [7, 11) is 1.80. The Hall–Kier alpha value is -2.73. The largest absolute Gasteiger partial charge is 0.353 e. The van der Waals surface area contributed by atoms with E-state index in [-0.39, 0.29) is 18.2 Å². The van der Waals surface area contributed by atoms with Crippen LogP contribution in [0.4, 0.5) is 0 Å². The molecule has 0 saturated carbocycles. The highest BCUT2D eigenvalue weighted by Crippen LogP contribution is 2.14. The number of hydrogen-bond acceptors (Lipinski definition) is 4. The van der Waals surface area contributed by atoms with Crippen LogP contribution in [0, 0.1) is 0 Å². The highest BCUT2D eigenvalue weighted by molar-refractivity contribution is 5.88.